The number of aromatic nitrogens is 2. The molecular formula is C26H27BrN3O3+. The van der Waals surface area contributed by atoms with Gasteiger partial charge in [-0.2, -0.15) is 0 Å². The predicted octanol–water partition coefficient (Wildman–Crippen LogP) is 4.70. The third-order valence-corrected chi connectivity index (χ3v) is 6.52. The van der Waals surface area contributed by atoms with Crippen LogP contribution in [0, 0.1) is 0 Å². The number of H-pyrrole nitrogens is 1. The Morgan fingerprint density at radius 2 is 1.82 bits per heavy atom. The van der Waals surface area contributed by atoms with Gasteiger partial charge >= 0.3 is 0 Å². The van der Waals surface area contributed by atoms with Crippen molar-refractivity contribution in [1.29, 1.82) is 0 Å². The number of benzene rings is 2. The Hall–Kier alpha value is -3.19. The van der Waals surface area contributed by atoms with Crippen LogP contribution in [-0.4, -0.2) is 33.2 Å². The Labute approximate surface area is 201 Å². The maximum Gasteiger partial charge on any atom is 0.295 e. The fourth-order valence-corrected chi connectivity index (χ4v) is 4.43. The highest BCUT2D eigenvalue weighted by atomic mass is 79.9. The van der Waals surface area contributed by atoms with Crippen LogP contribution in [0.4, 0.5) is 0 Å². The number of rotatable bonds is 7. The fraction of sp³-hybridized carbons (Fsp3) is 0.269. The zero-order valence-corrected chi connectivity index (χ0v) is 20.2. The molecule has 2 aromatic carbocycles. The number of hydrogen-bond acceptors (Lipinski definition) is 3. The number of likely N-dealkylation sites (tertiary alicyclic amines) is 1. The second-order valence-corrected chi connectivity index (χ2v) is 9.44. The largest absolute Gasteiger partial charge is 0.507 e. The zero-order valence-electron chi connectivity index (χ0n) is 18.7. The molecule has 0 radical (unpaired) electrons. The maximum absolute atomic E-state index is 13.1. The number of halogens is 1. The van der Waals surface area contributed by atoms with Gasteiger partial charge in [-0.3, -0.25) is 14.6 Å². The van der Waals surface area contributed by atoms with Crippen LogP contribution in [-0.2, 0) is 16.1 Å². The highest BCUT2D eigenvalue weighted by Crippen LogP contribution is 2.39. The van der Waals surface area contributed by atoms with Crippen LogP contribution in [0.5, 0.6) is 0 Å². The van der Waals surface area contributed by atoms with E-state index in [0.717, 1.165) is 10.0 Å². The Balaban J connectivity index is 1.73. The van der Waals surface area contributed by atoms with E-state index in [1.165, 1.54) is 5.56 Å². The molecule has 0 aliphatic carbocycles. The molecule has 3 aromatic rings. The van der Waals surface area contributed by atoms with Gasteiger partial charge in [0.15, 0.2) is 0 Å². The average molecular weight is 509 g/mol. The van der Waals surface area contributed by atoms with Crippen molar-refractivity contribution in [3.05, 3.63) is 94.0 Å². The van der Waals surface area contributed by atoms with E-state index in [9.17, 15) is 14.7 Å². The molecule has 1 saturated heterocycles. The Morgan fingerprint density at radius 1 is 1.12 bits per heavy atom. The van der Waals surface area contributed by atoms with Crippen LogP contribution in [0.3, 0.4) is 0 Å². The Morgan fingerprint density at radius 3 is 2.42 bits per heavy atom. The molecule has 170 valence electrons. The third-order valence-electron chi connectivity index (χ3n) is 5.99. The zero-order chi connectivity index (χ0) is 23.5. The minimum Gasteiger partial charge on any atom is -0.507 e. The summed E-state index contributed by atoms with van der Waals surface area (Å²) in [7, 11) is 0. The van der Waals surface area contributed by atoms with Crippen LogP contribution in [0.25, 0.3) is 5.76 Å². The van der Waals surface area contributed by atoms with Gasteiger partial charge in [0.1, 0.15) is 18.2 Å². The molecule has 0 spiro atoms. The first-order valence-electron chi connectivity index (χ1n) is 11.0. The number of aryl methyl sites for hydroxylation is 1. The highest BCUT2D eigenvalue weighted by Gasteiger charge is 2.45. The lowest BCUT2D eigenvalue weighted by Crippen LogP contribution is -2.36. The van der Waals surface area contributed by atoms with E-state index in [-0.39, 0.29) is 11.3 Å². The molecule has 4 rings (SSSR count). The quantitative estimate of drug-likeness (QED) is 0.210. The number of aliphatic hydroxyl groups is 1. The molecule has 6 nitrogen and oxygen atoms in total. The molecule has 1 aliphatic rings. The molecule has 1 atom stereocenters. The Bertz CT molecular complexity index is 1170. The maximum atomic E-state index is 13.1. The van der Waals surface area contributed by atoms with E-state index < -0.39 is 17.7 Å². The summed E-state index contributed by atoms with van der Waals surface area (Å²) < 4.78 is 2.85. The molecule has 0 bridgehead atoms. The number of nitrogens with one attached hydrogen (secondary N) is 1. The number of carbonyl (C=O) groups is 2. The van der Waals surface area contributed by atoms with Gasteiger partial charge in [-0.05, 0) is 29.2 Å². The first-order valence-corrected chi connectivity index (χ1v) is 11.8. The number of aliphatic hydroxyl groups excluding tert-OH is 1. The number of hydrogen-bond donors (Lipinski definition) is 2. The molecule has 1 amide bonds. The van der Waals surface area contributed by atoms with E-state index in [0.29, 0.717) is 31.0 Å². The van der Waals surface area contributed by atoms with Gasteiger partial charge in [0, 0.05) is 23.0 Å². The van der Waals surface area contributed by atoms with Crippen LogP contribution < -0.4 is 4.57 Å². The van der Waals surface area contributed by atoms with Gasteiger partial charge in [-0.25, -0.2) is 4.57 Å². The summed E-state index contributed by atoms with van der Waals surface area (Å²) in [4.78, 5) is 30.8. The molecule has 7 heteroatoms. The lowest BCUT2D eigenvalue weighted by Gasteiger charge is -2.25. The average Bonchev–Trinajstić information content (AvgIpc) is 3.41. The Kier molecular flexibility index (Phi) is 6.79. The van der Waals surface area contributed by atoms with Crippen molar-refractivity contribution in [2.75, 3.05) is 6.54 Å². The molecule has 1 unspecified atom stereocenters. The number of amides is 1. The third kappa shape index (κ3) is 4.78. The molecule has 1 fully saturated rings. The van der Waals surface area contributed by atoms with Crippen LogP contribution in [0.15, 0.2) is 77.3 Å². The van der Waals surface area contributed by atoms with E-state index in [2.05, 4.69) is 34.8 Å². The van der Waals surface area contributed by atoms with Crippen LogP contribution in [0.1, 0.15) is 48.9 Å². The highest BCUT2D eigenvalue weighted by molar-refractivity contribution is 9.10. The van der Waals surface area contributed by atoms with E-state index in [4.69, 9.17) is 0 Å². The van der Waals surface area contributed by atoms with E-state index >= 15 is 0 Å². The lowest BCUT2D eigenvalue weighted by atomic mass is 9.93. The minimum absolute atomic E-state index is 0.133. The number of Topliss-reactive ketones (excluding diaryl/α,β-unsaturated/α-hetero) is 1. The van der Waals surface area contributed by atoms with Crippen molar-refractivity contribution in [2.24, 2.45) is 0 Å². The number of imidazole rings is 1. The van der Waals surface area contributed by atoms with Crippen molar-refractivity contribution in [2.45, 2.75) is 38.8 Å². The normalized spacial score (nSPS) is 17.8. The lowest BCUT2D eigenvalue weighted by molar-refractivity contribution is -0.695. The van der Waals surface area contributed by atoms with Crippen molar-refractivity contribution in [1.82, 2.24) is 9.88 Å². The van der Waals surface area contributed by atoms with Crippen LogP contribution in [0.2, 0.25) is 0 Å². The number of aromatic amines is 1. The summed E-state index contributed by atoms with van der Waals surface area (Å²) in [5.74, 6) is -1.01. The van der Waals surface area contributed by atoms with Crippen LogP contribution >= 0.6 is 15.9 Å². The first kappa shape index (κ1) is 23.0. The second-order valence-electron chi connectivity index (χ2n) is 8.52. The predicted molar refractivity (Wildman–Crippen MR) is 129 cm³/mol. The van der Waals surface area contributed by atoms with E-state index in [1.807, 2.05) is 47.6 Å². The summed E-state index contributed by atoms with van der Waals surface area (Å²) in [6.45, 7) is 5.34. The second kappa shape index (κ2) is 9.75. The molecular weight excluding hydrogens is 482 g/mol. The molecule has 2 N–H and O–H groups in total. The summed E-state index contributed by atoms with van der Waals surface area (Å²) in [5.41, 5.74) is 2.62. The number of carbonyl (C=O) groups excluding carboxylic acids is 2. The van der Waals surface area contributed by atoms with Gasteiger partial charge in [0.05, 0.1) is 18.2 Å². The van der Waals surface area contributed by atoms with E-state index in [1.54, 1.807) is 29.2 Å². The van der Waals surface area contributed by atoms with Gasteiger partial charge in [-0.15, -0.1) is 0 Å². The molecule has 0 saturated carbocycles. The van der Waals surface area contributed by atoms with Gasteiger partial charge in [-0.1, -0.05) is 66.2 Å². The molecule has 33 heavy (non-hydrogen) atoms. The van der Waals surface area contributed by atoms with Crippen molar-refractivity contribution >= 4 is 33.4 Å². The molecule has 1 aliphatic heterocycles. The SMILES string of the molecule is CC(C)c1ccc(C2/C(=C(\O)c3ccc(Br)cc3)C(=O)C(=O)N2CCC[n+]2cc[nH]c2)cc1. The standard InChI is InChI=1S/C26H26BrN3O3/c1-17(2)18-4-6-19(7-5-18)23-22(24(31)20-8-10-21(27)11-9-20)25(32)26(33)30(23)14-3-13-29-15-12-28-16-29/h4-12,15-17,23H,3,13-14H2,1-2H3,(H,31,32)/p+1. The summed E-state index contributed by atoms with van der Waals surface area (Å²) in [6.07, 6.45) is 6.28. The number of nitrogens with zero attached hydrogens (tertiary/aromatic N) is 2. The van der Waals surface area contributed by atoms with Crippen molar-refractivity contribution < 1.29 is 19.3 Å². The van der Waals surface area contributed by atoms with Gasteiger partial charge in [0.2, 0.25) is 6.33 Å². The van der Waals surface area contributed by atoms with Gasteiger partial charge < -0.3 is 10.0 Å². The smallest absolute Gasteiger partial charge is 0.295 e. The summed E-state index contributed by atoms with van der Waals surface area (Å²) >= 11 is 3.39. The fourth-order valence-electron chi connectivity index (χ4n) is 4.17. The number of ketones is 1. The van der Waals surface area contributed by atoms with Crippen molar-refractivity contribution in [3.8, 4) is 0 Å². The monoisotopic (exact) mass is 508 g/mol. The summed E-state index contributed by atoms with van der Waals surface area (Å²) in [6, 6.07) is 14.4. The topological polar surface area (TPSA) is 77.3 Å². The molecule has 1 aromatic heterocycles. The minimum atomic E-state index is -0.650. The first-order chi connectivity index (χ1) is 15.9. The van der Waals surface area contributed by atoms with Gasteiger partial charge in [0.25, 0.3) is 11.7 Å². The molecule has 2 heterocycles. The van der Waals surface area contributed by atoms with Crippen molar-refractivity contribution in [3.63, 3.8) is 0 Å². The summed E-state index contributed by atoms with van der Waals surface area (Å²) in [5, 5.41) is 11.1.